The second-order valence-electron chi connectivity index (χ2n) is 5.28. The largest absolute Gasteiger partial charge is 0.444 e. The fourth-order valence-corrected chi connectivity index (χ4v) is 1.66. The van der Waals surface area contributed by atoms with Crippen LogP contribution in [0.15, 0.2) is 35.0 Å². The monoisotopic (exact) mass is 275 g/mol. The van der Waals surface area contributed by atoms with E-state index in [0.717, 1.165) is 0 Å². The molecule has 0 saturated heterocycles. The Balaban J connectivity index is 2.26. The average Bonchev–Trinajstić information content (AvgIpc) is 2.73. The molecular formula is C14H17N3O3. The number of carbonyl (C=O) groups is 1. The van der Waals surface area contributed by atoms with Crippen LogP contribution in [0.5, 0.6) is 0 Å². The molecule has 0 unspecified atom stereocenters. The van der Waals surface area contributed by atoms with Gasteiger partial charge in [0.05, 0.1) is 11.9 Å². The van der Waals surface area contributed by atoms with Gasteiger partial charge in [0.2, 0.25) is 0 Å². The zero-order valence-electron chi connectivity index (χ0n) is 11.6. The molecule has 0 aliphatic carbocycles. The van der Waals surface area contributed by atoms with Crippen molar-refractivity contribution < 1.29 is 14.1 Å². The van der Waals surface area contributed by atoms with Crippen molar-refractivity contribution in [1.29, 1.82) is 0 Å². The van der Waals surface area contributed by atoms with Crippen molar-refractivity contribution in [3.63, 3.8) is 0 Å². The van der Waals surface area contributed by atoms with Gasteiger partial charge in [0.15, 0.2) is 5.76 Å². The smallest absolute Gasteiger partial charge is 0.412 e. The first kappa shape index (κ1) is 13.9. The Morgan fingerprint density at radius 2 is 2.05 bits per heavy atom. The lowest BCUT2D eigenvalue weighted by Gasteiger charge is -2.20. The number of benzene rings is 1. The first-order valence-corrected chi connectivity index (χ1v) is 6.16. The van der Waals surface area contributed by atoms with Gasteiger partial charge in [-0.05, 0) is 32.9 Å². The van der Waals surface area contributed by atoms with Crippen molar-refractivity contribution in [2.45, 2.75) is 26.4 Å². The standard InChI is InChI=1S/C14H17N3O3/c1-14(2,3)19-13(18)17-11-7-5-4-6-9(11)12-10(15)8-16-20-12/h4-8H,15H2,1-3H3,(H,17,18). The third kappa shape index (κ3) is 3.28. The molecule has 20 heavy (non-hydrogen) atoms. The summed E-state index contributed by atoms with van der Waals surface area (Å²) in [6, 6.07) is 7.13. The third-order valence-corrected chi connectivity index (χ3v) is 2.41. The molecule has 0 aliphatic rings. The number of para-hydroxylation sites is 1. The molecule has 106 valence electrons. The van der Waals surface area contributed by atoms with Gasteiger partial charge in [-0.25, -0.2) is 4.79 Å². The third-order valence-electron chi connectivity index (χ3n) is 2.41. The zero-order valence-corrected chi connectivity index (χ0v) is 11.6. The van der Waals surface area contributed by atoms with Crippen molar-refractivity contribution >= 4 is 17.5 Å². The van der Waals surface area contributed by atoms with E-state index in [-0.39, 0.29) is 0 Å². The highest BCUT2D eigenvalue weighted by Gasteiger charge is 2.19. The topological polar surface area (TPSA) is 90.4 Å². The number of amides is 1. The number of hydrogen-bond donors (Lipinski definition) is 2. The second kappa shape index (κ2) is 5.24. The van der Waals surface area contributed by atoms with Gasteiger partial charge in [-0.15, -0.1) is 0 Å². The van der Waals surface area contributed by atoms with E-state index in [4.69, 9.17) is 15.0 Å². The van der Waals surface area contributed by atoms with E-state index >= 15 is 0 Å². The normalized spacial score (nSPS) is 11.2. The maximum absolute atomic E-state index is 11.8. The van der Waals surface area contributed by atoms with Crippen LogP contribution in [-0.2, 0) is 4.74 Å². The summed E-state index contributed by atoms with van der Waals surface area (Å²) in [5, 5.41) is 6.31. The first-order chi connectivity index (χ1) is 9.37. The van der Waals surface area contributed by atoms with Crippen LogP contribution < -0.4 is 11.1 Å². The number of ether oxygens (including phenoxy) is 1. The van der Waals surface area contributed by atoms with Crippen molar-refractivity contribution in [1.82, 2.24) is 5.16 Å². The van der Waals surface area contributed by atoms with Gasteiger partial charge in [-0.3, -0.25) is 5.32 Å². The quantitative estimate of drug-likeness (QED) is 0.877. The van der Waals surface area contributed by atoms with Crippen LogP contribution >= 0.6 is 0 Å². The van der Waals surface area contributed by atoms with E-state index in [1.54, 1.807) is 39.0 Å². The van der Waals surface area contributed by atoms with E-state index in [1.807, 2.05) is 6.07 Å². The molecule has 0 fully saturated rings. The Morgan fingerprint density at radius 3 is 2.65 bits per heavy atom. The number of nitrogen functional groups attached to an aromatic ring is 1. The van der Waals surface area contributed by atoms with Crippen LogP contribution in [0, 0.1) is 0 Å². The number of rotatable bonds is 2. The maximum atomic E-state index is 11.8. The van der Waals surface area contributed by atoms with Gasteiger partial charge in [0.25, 0.3) is 0 Å². The highest BCUT2D eigenvalue weighted by molar-refractivity contribution is 5.92. The predicted octanol–water partition coefficient (Wildman–Crippen LogP) is 3.27. The zero-order chi connectivity index (χ0) is 14.8. The number of nitrogens with two attached hydrogens (primary N) is 1. The lowest BCUT2D eigenvalue weighted by molar-refractivity contribution is 0.0636. The lowest BCUT2D eigenvalue weighted by atomic mass is 10.1. The van der Waals surface area contributed by atoms with Crippen LogP contribution in [0.1, 0.15) is 20.8 Å². The Morgan fingerprint density at radius 1 is 1.35 bits per heavy atom. The Labute approximate surface area is 116 Å². The molecule has 0 atom stereocenters. The molecule has 0 radical (unpaired) electrons. The minimum absolute atomic E-state index is 0.406. The minimum atomic E-state index is -0.565. The number of nitrogens with zero attached hydrogens (tertiary/aromatic N) is 1. The van der Waals surface area contributed by atoms with Crippen LogP contribution in [-0.4, -0.2) is 16.9 Å². The molecule has 1 heterocycles. The molecule has 6 heteroatoms. The van der Waals surface area contributed by atoms with Crippen molar-refractivity contribution in [2.75, 3.05) is 11.1 Å². The molecule has 3 N–H and O–H groups in total. The molecule has 1 aromatic heterocycles. The fraction of sp³-hybridized carbons (Fsp3) is 0.286. The summed E-state index contributed by atoms with van der Waals surface area (Å²) in [6.45, 7) is 5.40. The molecule has 0 bridgehead atoms. The average molecular weight is 275 g/mol. The van der Waals surface area contributed by atoms with Gasteiger partial charge in [0, 0.05) is 5.56 Å². The molecule has 1 aromatic carbocycles. The van der Waals surface area contributed by atoms with Gasteiger partial charge >= 0.3 is 6.09 Å². The highest BCUT2D eigenvalue weighted by Crippen LogP contribution is 2.32. The molecule has 0 saturated carbocycles. The minimum Gasteiger partial charge on any atom is -0.444 e. The number of anilines is 2. The van der Waals surface area contributed by atoms with Gasteiger partial charge in [-0.2, -0.15) is 0 Å². The summed E-state index contributed by atoms with van der Waals surface area (Å²) in [7, 11) is 0. The summed E-state index contributed by atoms with van der Waals surface area (Å²) in [5.74, 6) is 0.414. The predicted molar refractivity (Wildman–Crippen MR) is 76.2 cm³/mol. The van der Waals surface area contributed by atoms with Crippen molar-refractivity contribution in [2.24, 2.45) is 0 Å². The van der Waals surface area contributed by atoms with E-state index in [0.29, 0.717) is 22.7 Å². The van der Waals surface area contributed by atoms with Crippen LogP contribution in [0.3, 0.4) is 0 Å². The lowest BCUT2D eigenvalue weighted by Crippen LogP contribution is -2.27. The second-order valence-corrected chi connectivity index (χ2v) is 5.28. The van der Waals surface area contributed by atoms with Crippen molar-refractivity contribution in [3.8, 4) is 11.3 Å². The summed E-state index contributed by atoms with van der Waals surface area (Å²) < 4.78 is 10.3. The molecular weight excluding hydrogens is 258 g/mol. The molecule has 1 amide bonds. The Kier molecular flexibility index (Phi) is 3.65. The molecule has 2 rings (SSSR count). The van der Waals surface area contributed by atoms with Crippen LogP contribution in [0.2, 0.25) is 0 Å². The molecule has 0 spiro atoms. The number of nitrogens with one attached hydrogen (secondary N) is 1. The summed E-state index contributed by atoms with van der Waals surface area (Å²) in [4.78, 5) is 11.8. The van der Waals surface area contributed by atoms with Gasteiger partial charge in [0.1, 0.15) is 11.3 Å². The van der Waals surface area contributed by atoms with E-state index in [9.17, 15) is 4.79 Å². The number of hydrogen-bond acceptors (Lipinski definition) is 5. The van der Waals surface area contributed by atoms with E-state index < -0.39 is 11.7 Å². The summed E-state index contributed by atoms with van der Waals surface area (Å²) in [5.41, 5.74) is 6.81. The Bertz CT molecular complexity index is 614. The van der Waals surface area contributed by atoms with Crippen LogP contribution in [0.4, 0.5) is 16.2 Å². The number of aromatic nitrogens is 1. The summed E-state index contributed by atoms with van der Waals surface area (Å²) in [6.07, 6.45) is 0.877. The summed E-state index contributed by atoms with van der Waals surface area (Å²) >= 11 is 0. The maximum Gasteiger partial charge on any atom is 0.412 e. The van der Waals surface area contributed by atoms with Gasteiger partial charge < -0.3 is 15.0 Å². The molecule has 2 aromatic rings. The molecule has 0 aliphatic heterocycles. The van der Waals surface area contributed by atoms with Crippen molar-refractivity contribution in [3.05, 3.63) is 30.5 Å². The van der Waals surface area contributed by atoms with Gasteiger partial charge in [-0.1, -0.05) is 17.3 Å². The fourth-order valence-electron chi connectivity index (χ4n) is 1.66. The SMILES string of the molecule is CC(C)(C)OC(=O)Nc1ccccc1-c1oncc1N. The number of carbonyl (C=O) groups excluding carboxylic acids is 1. The van der Waals surface area contributed by atoms with E-state index in [1.165, 1.54) is 6.20 Å². The Hall–Kier alpha value is -2.50. The molecule has 6 nitrogen and oxygen atoms in total. The van der Waals surface area contributed by atoms with Crippen LogP contribution in [0.25, 0.3) is 11.3 Å². The van der Waals surface area contributed by atoms with E-state index in [2.05, 4.69) is 10.5 Å². The first-order valence-electron chi connectivity index (χ1n) is 6.16. The highest BCUT2D eigenvalue weighted by atomic mass is 16.6.